The minimum atomic E-state index is -0.406. The summed E-state index contributed by atoms with van der Waals surface area (Å²) >= 11 is 10.6. The zero-order valence-corrected chi connectivity index (χ0v) is 26.9. The zero-order valence-electron chi connectivity index (χ0n) is 25.3. The highest BCUT2D eigenvalue weighted by Crippen LogP contribution is 2.30. The molecule has 234 valence electrons. The smallest absolute Gasteiger partial charge is 0.338 e. The molecule has 10 nitrogen and oxygen atoms in total. The number of allylic oxidation sites excluding steroid dienone is 2. The second-order valence-corrected chi connectivity index (χ2v) is 10.9. The number of hydrogen-bond donors (Lipinski definition) is 4. The molecule has 0 saturated heterocycles. The van der Waals surface area contributed by atoms with Gasteiger partial charge in [-0.15, -0.1) is 0 Å². The van der Waals surface area contributed by atoms with Gasteiger partial charge in [-0.25, -0.2) is 9.59 Å². The summed E-state index contributed by atoms with van der Waals surface area (Å²) in [4.78, 5) is 25.2. The summed E-state index contributed by atoms with van der Waals surface area (Å²) in [7, 11) is 0. The number of esters is 2. The number of hydrogen-bond acceptors (Lipinski definition) is 8. The number of rotatable bonds is 13. The molecule has 2 aliphatic rings. The van der Waals surface area contributed by atoms with E-state index in [0.29, 0.717) is 59.2 Å². The van der Waals surface area contributed by atoms with Gasteiger partial charge in [0.2, 0.25) is 0 Å². The van der Waals surface area contributed by atoms with E-state index in [1.807, 2.05) is 62.4 Å². The largest absolute Gasteiger partial charge is 0.494 e. The average Bonchev–Trinajstić information content (AvgIpc) is 2.99. The van der Waals surface area contributed by atoms with Crippen LogP contribution in [0.4, 0.5) is 0 Å². The molecule has 0 saturated carbocycles. The van der Waals surface area contributed by atoms with Gasteiger partial charge in [0.1, 0.15) is 11.5 Å². The lowest BCUT2D eigenvalue weighted by atomic mass is 9.95. The van der Waals surface area contributed by atoms with Gasteiger partial charge in [-0.2, -0.15) is 0 Å². The minimum Gasteiger partial charge on any atom is -0.494 e. The fourth-order valence-corrected chi connectivity index (χ4v) is 5.49. The molecule has 0 bridgehead atoms. The molecule has 2 aromatic carbocycles. The molecular formula is C32H38N4O6S2. The fraction of sp³-hybridized carbons (Fsp3) is 0.375. The summed E-state index contributed by atoms with van der Waals surface area (Å²) < 4.78 is 22.3. The number of carbonyl (C=O) groups is 2. The molecule has 0 fully saturated rings. The van der Waals surface area contributed by atoms with E-state index in [9.17, 15) is 9.59 Å². The van der Waals surface area contributed by atoms with E-state index < -0.39 is 12.1 Å². The van der Waals surface area contributed by atoms with Gasteiger partial charge in [0.15, 0.2) is 10.2 Å². The van der Waals surface area contributed by atoms with Gasteiger partial charge in [-0.3, -0.25) is 0 Å². The number of ether oxygens (including phenoxy) is 4. The molecule has 0 aromatic heterocycles. The van der Waals surface area contributed by atoms with Crippen molar-refractivity contribution < 1.29 is 28.5 Å². The van der Waals surface area contributed by atoms with Crippen molar-refractivity contribution in [1.29, 1.82) is 0 Å². The maximum absolute atomic E-state index is 12.6. The van der Waals surface area contributed by atoms with E-state index in [4.69, 9.17) is 43.4 Å². The predicted molar refractivity (Wildman–Crippen MR) is 175 cm³/mol. The Morgan fingerprint density at radius 1 is 0.659 bits per heavy atom. The van der Waals surface area contributed by atoms with Crippen LogP contribution in [0.2, 0.25) is 0 Å². The van der Waals surface area contributed by atoms with Crippen molar-refractivity contribution in [2.45, 2.75) is 52.6 Å². The first-order valence-corrected chi connectivity index (χ1v) is 15.4. The normalized spacial score (nSPS) is 18.0. The molecule has 2 aliphatic heterocycles. The lowest BCUT2D eigenvalue weighted by Crippen LogP contribution is -2.45. The van der Waals surface area contributed by atoms with Crippen LogP contribution >= 0.6 is 24.4 Å². The summed E-state index contributed by atoms with van der Waals surface area (Å²) in [6.45, 7) is 8.84. The third kappa shape index (κ3) is 8.26. The second-order valence-electron chi connectivity index (χ2n) is 10.1. The van der Waals surface area contributed by atoms with Crippen molar-refractivity contribution in [3.63, 3.8) is 0 Å². The van der Waals surface area contributed by atoms with E-state index in [-0.39, 0.29) is 11.9 Å². The van der Waals surface area contributed by atoms with Gasteiger partial charge >= 0.3 is 11.9 Å². The van der Waals surface area contributed by atoms with E-state index in [1.165, 1.54) is 0 Å². The first-order valence-electron chi connectivity index (χ1n) is 14.6. The quantitative estimate of drug-likeness (QED) is 0.139. The summed E-state index contributed by atoms with van der Waals surface area (Å²) in [5, 5.41) is 13.2. The number of thiocarbonyl (C=S) groups is 2. The first-order chi connectivity index (χ1) is 21.2. The van der Waals surface area contributed by atoms with E-state index >= 15 is 0 Å². The average molecular weight is 639 g/mol. The Balaban J connectivity index is 1.24. The van der Waals surface area contributed by atoms with Gasteiger partial charge in [0.05, 0.1) is 49.7 Å². The van der Waals surface area contributed by atoms with Crippen LogP contribution in [-0.4, -0.2) is 48.6 Å². The van der Waals surface area contributed by atoms with Crippen LogP contribution in [0.5, 0.6) is 11.5 Å². The highest BCUT2D eigenvalue weighted by atomic mass is 32.1. The van der Waals surface area contributed by atoms with Crippen LogP contribution < -0.4 is 30.7 Å². The molecule has 0 radical (unpaired) electrons. The topological polar surface area (TPSA) is 119 Å². The zero-order chi connectivity index (χ0) is 31.6. The molecule has 0 amide bonds. The van der Waals surface area contributed by atoms with Gasteiger partial charge in [0, 0.05) is 11.4 Å². The van der Waals surface area contributed by atoms with Crippen LogP contribution in [-0.2, 0) is 19.1 Å². The molecule has 0 aliphatic carbocycles. The van der Waals surface area contributed by atoms with Gasteiger partial charge in [-0.05, 0) is 100 Å². The minimum absolute atomic E-state index is 0.291. The molecule has 2 aromatic rings. The lowest BCUT2D eigenvalue weighted by Gasteiger charge is -2.29. The molecular weight excluding hydrogens is 601 g/mol. The number of nitrogens with one attached hydrogen (secondary N) is 4. The molecule has 44 heavy (non-hydrogen) atoms. The standard InChI is InChI=1S/C32H38N4O6S2/c1-5-39-29(37)25-19(3)33-31(43)35-27(25)21-9-13-23(14-10-21)41-17-7-8-18-42-24-15-11-22(12-16-24)28-26(30(38)40-6-2)20(4)34-32(44)36-28/h9-16,27-28H,5-8,17-18H2,1-4H3,(H2,33,35,43)(H2,34,36,44). The maximum atomic E-state index is 12.6. The van der Waals surface area contributed by atoms with Crippen LogP contribution in [0.3, 0.4) is 0 Å². The molecule has 0 spiro atoms. The summed E-state index contributed by atoms with van der Waals surface area (Å²) in [6.07, 6.45) is 1.62. The Labute approximate surface area is 268 Å². The van der Waals surface area contributed by atoms with Gasteiger partial charge in [-0.1, -0.05) is 24.3 Å². The third-order valence-corrected chi connectivity index (χ3v) is 7.47. The fourth-order valence-electron chi connectivity index (χ4n) is 4.94. The third-order valence-electron chi connectivity index (χ3n) is 7.03. The first kappa shape index (κ1) is 32.7. The Morgan fingerprint density at radius 2 is 1.02 bits per heavy atom. The van der Waals surface area contributed by atoms with Crippen LogP contribution in [0.1, 0.15) is 63.7 Å². The maximum Gasteiger partial charge on any atom is 0.338 e. The summed E-state index contributed by atoms with van der Waals surface area (Å²) in [6, 6.07) is 14.4. The SMILES string of the molecule is CCOC(=O)C1=C(C)NC(=S)NC1c1ccc(OCCCCOc2ccc(C3NC(=S)NC(C)=C3C(=O)OCC)cc2)cc1. The van der Waals surface area contributed by atoms with Crippen molar-refractivity contribution in [2.75, 3.05) is 26.4 Å². The van der Waals surface area contributed by atoms with Crippen LogP contribution in [0.25, 0.3) is 0 Å². The Morgan fingerprint density at radius 3 is 1.36 bits per heavy atom. The van der Waals surface area contributed by atoms with Crippen molar-refractivity contribution in [3.8, 4) is 11.5 Å². The number of benzene rings is 2. The van der Waals surface area contributed by atoms with Crippen LogP contribution in [0.15, 0.2) is 71.1 Å². The molecule has 12 heteroatoms. The number of carbonyl (C=O) groups excluding carboxylic acids is 2. The van der Waals surface area contributed by atoms with Crippen molar-refractivity contribution in [2.24, 2.45) is 0 Å². The van der Waals surface area contributed by atoms with Gasteiger partial charge in [0.25, 0.3) is 0 Å². The van der Waals surface area contributed by atoms with Crippen LogP contribution in [0, 0.1) is 0 Å². The highest BCUT2D eigenvalue weighted by Gasteiger charge is 2.32. The Bertz CT molecular complexity index is 1330. The number of unbranched alkanes of at least 4 members (excludes halogenated alkanes) is 1. The lowest BCUT2D eigenvalue weighted by molar-refractivity contribution is -0.140. The molecule has 2 atom stereocenters. The predicted octanol–water partition coefficient (Wildman–Crippen LogP) is 4.64. The monoisotopic (exact) mass is 638 g/mol. The Kier molecular flexibility index (Phi) is 11.6. The highest BCUT2D eigenvalue weighted by molar-refractivity contribution is 7.80. The molecule has 2 heterocycles. The second kappa shape index (κ2) is 15.5. The summed E-state index contributed by atoms with van der Waals surface area (Å²) in [5.41, 5.74) is 4.12. The van der Waals surface area contributed by atoms with E-state index in [1.54, 1.807) is 13.8 Å². The van der Waals surface area contributed by atoms with Crippen molar-refractivity contribution in [3.05, 3.63) is 82.2 Å². The van der Waals surface area contributed by atoms with Crippen molar-refractivity contribution >= 4 is 46.6 Å². The molecule has 2 unspecified atom stereocenters. The molecule has 4 N–H and O–H groups in total. The van der Waals surface area contributed by atoms with Gasteiger partial charge < -0.3 is 40.2 Å². The van der Waals surface area contributed by atoms with E-state index in [2.05, 4.69) is 21.3 Å². The van der Waals surface area contributed by atoms with E-state index in [0.717, 1.165) is 35.5 Å². The Hall–Kier alpha value is -4.16. The molecule has 4 rings (SSSR count). The summed E-state index contributed by atoms with van der Waals surface area (Å²) in [5.74, 6) is 0.708. The van der Waals surface area contributed by atoms with Crippen molar-refractivity contribution in [1.82, 2.24) is 21.3 Å².